The summed E-state index contributed by atoms with van der Waals surface area (Å²) in [6.07, 6.45) is 2.32. The summed E-state index contributed by atoms with van der Waals surface area (Å²) in [5, 5.41) is 0. The van der Waals surface area contributed by atoms with E-state index < -0.39 is 18.0 Å². The van der Waals surface area contributed by atoms with Crippen LogP contribution >= 0.6 is 0 Å². The van der Waals surface area contributed by atoms with Crippen molar-refractivity contribution in [2.75, 3.05) is 0 Å². The fourth-order valence-electron chi connectivity index (χ4n) is 4.11. The minimum absolute atomic E-state index is 0.104. The lowest BCUT2D eigenvalue weighted by Gasteiger charge is -2.40. The highest BCUT2D eigenvalue weighted by Gasteiger charge is 2.34. The van der Waals surface area contributed by atoms with Crippen LogP contribution in [0.5, 0.6) is 0 Å². The zero-order chi connectivity index (χ0) is 20.1. The molecule has 2 aromatic rings. The molecule has 1 aliphatic rings. The maximum absolute atomic E-state index is 13.1. The topological polar surface area (TPSA) is 46.6 Å². The van der Waals surface area contributed by atoms with Crippen molar-refractivity contribution >= 4 is 11.9 Å². The number of likely N-dealkylation sites (tertiary alicyclic amines) is 1. The highest BCUT2D eigenvalue weighted by molar-refractivity contribution is 5.87. The summed E-state index contributed by atoms with van der Waals surface area (Å²) in [5.41, 5.74) is 1.72. The fourth-order valence-corrected chi connectivity index (χ4v) is 4.11. The molecular weight excluding hydrogens is 350 g/mol. The number of carbonyl (C=O) groups excluding carboxylic acids is 2. The van der Waals surface area contributed by atoms with Gasteiger partial charge in [-0.15, -0.1) is 0 Å². The lowest BCUT2D eigenvalue weighted by atomic mass is 9.91. The Kier molecular flexibility index (Phi) is 6.50. The largest absolute Gasteiger partial charge is 0.452 e. The second-order valence-electron chi connectivity index (χ2n) is 7.71. The summed E-state index contributed by atoms with van der Waals surface area (Å²) in [5.74, 6) is -1.04. The smallest absolute Gasteiger partial charge is 0.318 e. The molecule has 3 rings (SSSR count). The monoisotopic (exact) mass is 379 g/mol. The van der Waals surface area contributed by atoms with Crippen LogP contribution in [-0.4, -0.2) is 35.0 Å². The third-order valence-corrected chi connectivity index (χ3v) is 5.59. The van der Waals surface area contributed by atoms with E-state index in [1.165, 1.54) is 0 Å². The molecule has 0 bridgehead atoms. The second kappa shape index (κ2) is 9.05. The van der Waals surface area contributed by atoms with Gasteiger partial charge in [0.15, 0.2) is 6.10 Å². The number of hydrogen-bond donors (Lipinski definition) is 0. The van der Waals surface area contributed by atoms with Crippen molar-refractivity contribution in [3.63, 3.8) is 0 Å². The number of esters is 1. The third-order valence-electron chi connectivity index (χ3n) is 5.59. The van der Waals surface area contributed by atoms with E-state index in [2.05, 4.69) is 13.8 Å². The zero-order valence-corrected chi connectivity index (χ0v) is 16.9. The molecule has 3 atom stereocenters. The number of nitrogens with zero attached hydrogens (tertiary/aromatic N) is 1. The van der Waals surface area contributed by atoms with Gasteiger partial charge in [-0.2, -0.15) is 0 Å². The maximum atomic E-state index is 13.1. The molecule has 0 N–H and O–H groups in total. The van der Waals surface area contributed by atoms with E-state index in [1.807, 2.05) is 65.6 Å². The normalized spacial score (nSPS) is 20.6. The van der Waals surface area contributed by atoms with E-state index in [0.717, 1.165) is 30.4 Å². The number of amides is 1. The summed E-state index contributed by atoms with van der Waals surface area (Å²) in [4.78, 5) is 28.0. The molecule has 0 radical (unpaired) electrons. The predicted molar refractivity (Wildman–Crippen MR) is 110 cm³/mol. The van der Waals surface area contributed by atoms with Crippen molar-refractivity contribution in [1.29, 1.82) is 0 Å². The minimum Gasteiger partial charge on any atom is -0.452 e. The predicted octanol–water partition coefficient (Wildman–Crippen LogP) is 4.54. The third kappa shape index (κ3) is 4.44. The molecule has 0 unspecified atom stereocenters. The van der Waals surface area contributed by atoms with Gasteiger partial charge in [0, 0.05) is 12.1 Å². The molecule has 1 amide bonds. The molecule has 0 saturated carbocycles. The van der Waals surface area contributed by atoms with E-state index in [1.54, 1.807) is 6.92 Å². The molecule has 0 spiro atoms. The van der Waals surface area contributed by atoms with Crippen molar-refractivity contribution in [2.45, 2.75) is 64.1 Å². The van der Waals surface area contributed by atoms with Crippen molar-refractivity contribution < 1.29 is 14.3 Å². The van der Waals surface area contributed by atoms with Crippen LogP contribution in [-0.2, 0) is 14.3 Å². The number of piperidine rings is 1. The number of ether oxygens (including phenoxy) is 1. The molecule has 4 heteroatoms. The van der Waals surface area contributed by atoms with Crippen molar-refractivity contribution in [3.05, 3.63) is 71.8 Å². The Bertz CT molecular complexity index is 741. The van der Waals surface area contributed by atoms with Crippen LogP contribution in [0, 0.1) is 0 Å². The first-order valence-corrected chi connectivity index (χ1v) is 10.1. The van der Waals surface area contributed by atoms with Crippen molar-refractivity contribution in [1.82, 2.24) is 4.90 Å². The van der Waals surface area contributed by atoms with E-state index in [9.17, 15) is 9.59 Å². The first-order valence-electron chi connectivity index (χ1n) is 10.1. The highest BCUT2D eigenvalue weighted by atomic mass is 16.5. The molecule has 1 saturated heterocycles. The van der Waals surface area contributed by atoms with Crippen LogP contribution in [0.2, 0.25) is 0 Å². The maximum Gasteiger partial charge on any atom is 0.318 e. The van der Waals surface area contributed by atoms with Gasteiger partial charge in [0.05, 0.1) is 0 Å². The van der Waals surface area contributed by atoms with Gasteiger partial charge in [-0.05, 0) is 51.2 Å². The summed E-state index contributed by atoms with van der Waals surface area (Å²) in [7, 11) is 0. The first-order chi connectivity index (χ1) is 13.5. The average Bonchev–Trinajstić information content (AvgIpc) is 2.69. The van der Waals surface area contributed by atoms with Gasteiger partial charge in [-0.1, -0.05) is 60.7 Å². The summed E-state index contributed by atoms with van der Waals surface area (Å²) in [6.45, 7) is 5.82. The molecule has 28 heavy (non-hydrogen) atoms. The minimum atomic E-state index is -0.801. The lowest BCUT2D eigenvalue weighted by molar-refractivity contribution is -0.162. The SMILES string of the molecule is C[C@H](OC(=O)C(c1ccccc1)c1ccccc1)C(=O)N1[C@H](C)CCC[C@@H]1C. The Morgan fingerprint density at radius 2 is 1.36 bits per heavy atom. The van der Waals surface area contributed by atoms with Crippen LogP contribution in [0.1, 0.15) is 57.1 Å². The van der Waals surface area contributed by atoms with Crippen LogP contribution in [0.15, 0.2) is 60.7 Å². The van der Waals surface area contributed by atoms with Crippen LogP contribution in [0.4, 0.5) is 0 Å². The van der Waals surface area contributed by atoms with Crippen molar-refractivity contribution in [2.24, 2.45) is 0 Å². The second-order valence-corrected chi connectivity index (χ2v) is 7.71. The Labute approximate surface area is 167 Å². The molecule has 1 heterocycles. The van der Waals surface area contributed by atoms with Gasteiger partial charge in [0.25, 0.3) is 5.91 Å². The van der Waals surface area contributed by atoms with E-state index in [0.29, 0.717) is 0 Å². The first kappa shape index (κ1) is 20.1. The van der Waals surface area contributed by atoms with Crippen molar-refractivity contribution in [3.8, 4) is 0 Å². The molecule has 0 aliphatic carbocycles. The van der Waals surface area contributed by atoms with Gasteiger partial charge in [0.2, 0.25) is 0 Å². The standard InChI is InChI=1S/C24H29NO3/c1-17-11-10-12-18(2)25(17)23(26)19(3)28-24(27)22(20-13-6-4-7-14-20)21-15-8-5-9-16-21/h4-9,13-19,22H,10-12H2,1-3H3/t17-,18+,19-/m0/s1. The van der Waals surface area contributed by atoms with Gasteiger partial charge in [-0.3, -0.25) is 9.59 Å². The summed E-state index contributed by atoms with van der Waals surface area (Å²) >= 11 is 0. The molecule has 0 aromatic heterocycles. The van der Waals surface area contributed by atoms with Crippen LogP contribution < -0.4 is 0 Å². The zero-order valence-electron chi connectivity index (χ0n) is 16.9. The van der Waals surface area contributed by atoms with E-state index in [-0.39, 0.29) is 18.0 Å². The Morgan fingerprint density at radius 1 is 0.893 bits per heavy atom. The van der Waals surface area contributed by atoms with Gasteiger partial charge >= 0.3 is 5.97 Å². The van der Waals surface area contributed by atoms with Crippen LogP contribution in [0.25, 0.3) is 0 Å². The number of rotatable bonds is 5. The Morgan fingerprint density at radius 3 is 1.82 bits per heavy atom. The molecule has 1 fully saturated rings. The Balaban J connectivity index is 1.79. The lowest BCUT2D eigenvalue weighted by Crippen LogP contribution is -2.51. The summed E-state index contributed by atoms with van der Waals surface area (Å²) in [6, 6.07) is 19.5. The Hall–Kier alpha value is -2.62. The van der Waals surface area contributed by atoms with E-state index in [4.69, 9.17) is 4.74 Å². The molecule has 2 aromatic carbocycles. The molecule has 148 valence electrons. The van der Waals surface area contributed by atoms with Gasteiger partial charge in [-0.25, -0.2) is 0 Å². The fraction of sp³-hybridized carbons (Fsp3) is 0.417. The quantitative estimate of drug-likeness (QED) is 0.717. The number of benzene rings is 2. The molecular formula is C24H29NO3. The summed E-state index contributed by atoms with van der Waals surface area (Å²) < 4.78 is 5.70. The van der Waals surface area contributed by atoms with Crippen LogP contribution in [0.3, 0.4) is 0 Å². The van der Waals surface area contributed by atoms with E-state index >= 15 is 0 Å². The molecule has 1 aliphatic heterocycles. The average molecular weight is 380 g/mol. The number of hydrogen-bond acceptors (Lipinski definition) is 3. The van der Waals surface area contributed by atoms with Gasteiger partial charge < -0.3 is 9.64 Å². The van der Waals surface area contributed by atoms with Gasteiger partial charge in [0.1, 0.15) is 5.92 Å². The highest BCUT2D eigenvalue weighted by Crippen LogP contribution is 2.28. The molecule has 4 nitrogen and oxygen atoms in total. The number of carbonyl (C=O) groups is 2.